The Morgan fingerprint density at radius 2 is 1.93 bits per heavy atom. The monoisotopic (exact) mass is 447 g/mol. The second-order valence-electron chi connectivity index (χ2n) is 6.72. The lowest BCUT2D eigenvalue weighted by Crippen LogP contribution is -2.16. The number of amides is 1. The number of carbonyl (C=O) groups excluding carboxylic acids is 1. The van der Waals surface area contributed by atoms with Crippen molar-refractivity contribution in [1.29, 1.82) is 0 Å². The van der Waals surface area contributed by atoms with E-state index in [9.17, 15) is 23.3 Å². The van der Waals surface area contributed by atoms with Gasteiger partial charge >= 0.3 is 0 Å². The van der Waals surface area contributed by atoms with Crippen molar-refractivity contribution in [3.05, 3.63) is 69.0 Å². The smallest absolute Gasteiger partial charge is 0.270 e. The first kappa shape index (κ1) is 21.8. The molecule has 0 aliphatic carbocycles. The first-order valence-electron chi connectivity index (χ1n) is 9.39. The summed E-state index contributed by atoms with van der Waals surface area (Å²) in [5.41, 5.74) is 1.47. The highest BCUT2D eigenvalue weighted by Crippen LogP contribution is 2.23. The van der Waals surface area contributed by atoms with Gasteiger partial charge in [-0.3, -0.25) is 14.9 Å². The molecule has 0 saturated heterocycles. The molecule has 0 fully saturated rings. The number of nitro benzene ring substituents is 1. The summed E-state index contributed by atoms with van der Waals surface area (Å²) in [6, 6.07) is 13.4. The van der Waals surface area contributed by atoms with E-state index in [1.807, 2.05) is 17.6 Å². The van der Waals surface area contributed by atoms with Crippen molar-refractivity contribution < 1.29 is 18.1 Å². The number of carbonyl (C=O) groups is 1. The van der Waals surface area contributed by atoms with E-state index in [4.69, 9.17) is 0 Å². The highest BCUT2D eigenvalue weighted by Gasteiger charge is 2.14. The van der Waals surface area contributed by atoms with Crippen molar-refractivity contribution in [2.24, 2.45) is 4.99 Å². The molecule has 3 rings (SSSR count). The number of rotatable bonds is 8. The lowest BCUT2D eigenvalue weighted by molar-refractivity contribution is -0.384. The maximum Gasteiger partial charge on any atom is 0.270 e. The molecular formula is C20H21N3O5S2. The summed E-state index contributed by atoms with van der Waals surface area (Å²) >= 11 is 1.20. The van der Waals surface area contributed by atoms with Crippen LogP contribution >= 0.6 is 11.3 Å². The van der Waals surface area contributed by atoms with Gasteiger partial charge in [0.05, 0.1) is 26.6 Å². The number of nitrogens with zero attached hydrogens (tertiary/aromatic N) is 3. The molecule has 158 valence electrons. The zero-order valence-electron chi connectivity index (χ0n) is 16.4. The fourth-order valence-corrected chi connectivity index (χ4v) is 5.65. The van der Waals surface area contributed by atoms with E-state index in [0.717, 1.165) is 11.1 Å². The molecule has 0 N–H and O–H groups in total. The molecule has 0 spiro atoms. The summed E-state index contributed by atoms with van der Waals surface area (Å²) in [6.07, 6.45) is 0.214. The standard InChI is InChI=1S/C20H21N3O5S2/c1-2-22-17-11-10-16(23(25)26)13-18(17)29-20(22)21-19(24)9-6-12-30(27,28)14-15-7-4-3-5-8-15/h3-5,7-8,10-11,13H,2,6,9,12,14H2,1H3. The summed E-state index contributed by atoms with van der Waals surface area (Å²) < 4.78 is 27.0. The van der Waals surface area contributed by atoms with Gasteiger partial charge in [-0.05, 0) is 25.0 Å². The van der Waals surface area contributed by atoms with Crippen LogP contribution in [-0.4, -0.2) is 29.6 Å². The quantitative estimate of drug-likeness (QED) is 0.388. The predicted molar refractivity (Wildman–Crippen MR) is 116 cm³/mol. The molecule has 0 atom stereocenters. The fraction of sp³-hybridized carbons (Fsp3) is 0.300. The van der Waals surface area contributed by atoms with E-state index in [-0.39, 0.29) is 30.0 Å². The molecule has 0 radical (unpaired) electrons. The topological polar surface area (TPSA) is 112 Å². The number of hydrogen-bond acceptors (Lipinski definition) is 6. The lowest BCUT2D eigenvalue weighted by atomic mass is 10.2. The van der Waals surface area contributed by atoms with Gasteiger partial charge in [-0.2, -0.15) is 4.99 Å². The lowest BCUT2D eigenvalue weighted by Gasteiger charge is -2.03. The van der Waals surface area contributed by atoms with Crippen molar-refractivity contribution in [1.82, 2.24) is 4.57 Å². The second-order valence-corrected chi connectivity index (χ2v) is 9.92. The van der Waals surface area contributed by atoms with Crippen molar-refractivity contribution in [3.63, 3.8) is 0 Å². The first-order valence-corrected chi connectivity index (χ1v) is 12.0. The minimum absolute atomic E-state index is 0.0199. The van der Waals surface area contributed by atoms with Crippen LogP contribution in [0.2, 0.25) is 0 Å². The molecule has 1 amide bonds. The third kappa shape index (κ3) is 5.39. The van der Waals surface area contributed by atoms with E-state index < -0.39 is 20.7 Å². The SMILES string of the molecule is CCn1c(=NC(=O)CCCS(=O)(=O)Cc2ccccc2)sc2cc([N+](=O)[O-])ccc21. The highest BCUT2D eigenvalue weighted by atomic mass is 32.2. The minimum Gasteiger partial charge on any atom is -0.317 e. The molecule has 2 aromatic carbocycles. The van der Waals surface area contributed by atoms with Crippen LogP contribution in [-0.2, 0) is 26.9 Å². The molecule has 0 aliphatic rings. The number of benzene rings is 2. The maximum atomic E-state index is 12.3. The van der Waals surface area contributed by atoms with Gasteiger partial charge in [0.2, 0.25) is 5.91 Å². The summed E-state index contributed by atoms with van der Waals surface area (Å²) in [5, 5.41) is 11.0. The molecule has 0 saturated carbocycles. The molecule has 30 heavy (non-hydrogen) atoms. The molecule has 1 heterocycles. The van der Waals surface area contributed by atoms with Gasteiger partial charge in [-0.1, -0.05) is 41.7 Å². The van der Waals surface area contributed by atoms with Gasteiger partial charge in [0, 0.05) is 25.1 Å². The van der Waals surface area contributed by atoms with E-state index in [1.54, 1.807) is 30.3 Å². The van der Waals surface area contributed by atoms with Crippen LogP contribution in [0, 0.1) is 10.1 Å². The predicted octanol–water partition coefficient (Wildman–Crippen LogP) is 3.45. The van der Waals surface area contributed by atoms with E-state index in [2.05, 4.69) is 4.99 Å². The zero-order valence-corrected chi connectivity index (χ0v) is 18.0. The Kier molecular flexibility index (Phi) is 6.78. The Hall–Kier alpha value is -2.85. The number of thiazole rings is 1. The van der Waals surface area contributed by atoms with Crippen LogP contribution in [0.4, 0.5) is 5.69 Å². The molecule has 0 aliphatic heterocycles. The summed E-state index contributed by atoms with van der Waals surface area (Å²) in [7, 11) is -3.31. The van der Waals surface area contributed by atoms with Crippen molar-refractivity contribution >= 4 is 43.0 Å². The van der Waals surface area contributed by atoms with Crippen LogP contribution < -0.4 is 4.80 Å². The number of hydrogen-bond donors (Lipinski definition) is 0. The molecule has 8 nitrogen and oxygen atoms in total. The van der Waals surface area contributed by atoms with Crippen molar-refractivity contribution in [2.45, 2.75) is 32.1 Å². The minimum atomic E-state index is -3.31. The summed E-state index contributed by atoms with van der Waals surface area (Å²) in [6.45, 7) is 2.45. The molecule has 3 aromatic rings. The zero-order chi connectivity index (χ0) is 21.7. The largest absolute Gasteiger partial charge is 0.317 e. The molecular weight excluding hydrogens is 426 g/mol. The third-order valence-electron chi connectivity index (χ3n) is 4.49. The number of aryl methyl sites for hydroxylation is 1. The Morgan fingerprint density at radius 3 is 2.60 bits per heavy atom. The van der Waals surface area contributed by atoms with Crippen LogP contribution in [0.1, 0.15) is 25.3 Å². The highest BCUT2D eigenvalue weighted by molar-refractivity contribution is 7.90. The van der Waals surface area contributed by atoms with Gasteiger partial charge in [-0.15, -0.1) is 0 Å². The Morgan fingerprint density at radius 1 is 1.20 bits per heavy atom. The van der Waals surface area contributed by atoms with Crippen LogP contribution in [0.25, 0.3) is 10.2 Å². The maximum absolute atomic E-state index is 12.3. The molecule has 0 unspecified atom stereocenters. The van der Waals surface area contributed by atoms with Gasteiger partial charge in [-0.25, -0.2) is 8.42 Å². The fourth-order valence-electron chi connectivity index (χ4n) is 3.07. The summed E-state index contributed by atoms with van der Waals surface area (Å²) in [4.78, 5) is 27.4. The van der Waals surface area contributed by atoms with E-state index in [0.29, 0.717) is 16.0 Å². The number of nitro groups is 1. The third-order valence-corrected chi connectivity index (χ3v) is 7.21. The summed E-state index contributed by atoms with van der Waals surface area (Å²) in [5.74, 6) is -0.548. The van der Waals surface area contributed by atoms with Gasteiger partial charge in [0.1, 0.15) is 0 Å². The first-order chi connectivity index (χ1) is 14.3. The molecule has 0 bridgehead atoms. The number of aromatic nitrogens is 1. The average Bonchev–Trinajstić information content (AvgIpc) is 3.04. The average molecular weight is 448 g/mol. The molecule has 10 heteroatoms. The van der Waals surface area contributed by atoms with E-state index in [1.165, 1.54) is 23.5 Å². The Bertz CT molecular complexity index is 1240. The van der Waals surface area contributed by atoms with Gasteiger partial charge in [0.15, 0.2) is 14.6 Å². The second kappa shape index (κ2) is 9.31. The Balaban J connectivity index is 1.70. The van der Waals surface area contributed by atoms with Crippen molar-refractivity contribution in [3.8, 4) is 0 Å². The van der Waals surface area contributed by atoms with Gasteiger partial charge in [0.25, 0.3) is 5.69 Å². The van der Waals surface area contributed by atoms with Crippen LogP contribution in [0.15, 0.2) is 53.5 Å². The van der Waals surface area contributed by atoms with Crippen LogP contribution in [0.3, 0.4) is 0 Å². The van der Waals surface area contributed by atoms with Crippen LogP contribution in [0.5, 0.6) is 0 Å². The number of sulfone groups is 1. The normalized spacial score (nSPS) is 12.4. The number of fused-ring (bicyclic) bond motifs is 1. The van der Waals surface area contributed by atoms with Gasteiger partial charge < -0.3 is 4.57 Å². The molecule has 1 aromatic heterocycles. The van der Waals surface area contributed by atoms with Crippen molar-refractivity contribution in [2.75, 3.05) is 5.75 Å². The van der Waals surface area contributed by atoms with E-state index >= 15 is 0 Å². The Labute approximate surface area is 177 Å². The number of non-ortho nitro benzene ring substituents is 1.